The number of hydrogen-bond acceptors (Lipinski definition) is 6. The topological polar surface area (TPSA) is 96.4 Å². The summed E-state index contributed by atoms with van der Waals surface area (Å²) in [5.74, 6) is 1.61. The molecule has 4 fully saturated rings. The van der Waals surface area contributed by atoms with E-state index in [9.17, 15) is 19.8 Å². The highest BCUT2D eigenvalue weighted by molar-refractivity contribution is 5.98. The van der Waals surface area contributed by atoms with E-state index in [0.29, 0.717) is 29.7 Å². The third-order valence-electron chi connectivity index (χ3n) is 11.6. The van der Waals surface area contributed by atoms with Crippen LogP contribution < -0.4 is 0 Å². The molecule has 2 N–H and O–H groups in total. The van der Waals surface area contributed by atoms with Crippen LogP contribution in [0.15, 0.2) is 23.3 Å². The number of aliphatic hydroxyl groups excluding tert-OH is 2. The SMILES string of the molecule is CC1=C(CO)C(=O)O[C@@H]([C@@H](C)[C@H]2CC[C@H]3[C@@H]4C[C@H]5O[C@]56[C@H](O)C=CC(=O)[C@]6(C)[C@H]4CC[C@]23C)C1. The fourth-order valence-corrected chi connectivity index (χ4v) is 9.69. The molecule has 4 aliphatic carbocycles. The fourth-order valence-electron chi connectivity index (χ4n) is 9.69. The highest BCUT2D eigenvalue weighted by Gasteiger charge is 2.80. The van der Waals surface area contributed by atoms with Gasteiger partial charge in [-0.3, -0.25) is 4.79 Å². The van der Waals surface area contributed by atoms with E-state index in [1.54, 1.807) is 12.2 Å². The third kappa shape index (κ3) is 2.63. The smallest absolute Gasteiger partial charge is 0.336 e. The Morgan fingerprint density at radius 2 is 1.94 bits per heavy atom. The van der Waals surface area contributed by atoms with Gasteiger partial charge in [0.15, 0.2) is 5.78 Å². The third-order valence-corrected chi connectivity index (χ3v) is 11.6. The maximum absolute atomic E-state index is 13.3. The molecule has 0 aromatic heterocycles. The van der Waals surface area contributed by atoms with Gasteiger partial charge in [-0.2, -0.15) is 0 Å². The Balaban J connectivity index is 1.27. The van der Waals surface area contributed by atoms with Crippen LogP contribution in [0.1, 0.15) is 66.2 Å². The Hall–Kier alpha value is -1.50. The number of rotatable bonds is 3. The molecule has 186 valence electrons. The largest absolute Gasteiger partial charge is 0.458 e. The number of allylic oxidation sites excluding steroid dienone is 1. The van der Waals surface area contributed by atoms with Crippen molar-refractivity contribution in [1.82, 2.24) is 0 Å². The molecular formula is C28H38O6. The summed E-state index contributed by atoms with van der Waals surface area (Å²) < 4.78 is 12.1. The van der Waals surface area contributed by atoms with E-state index in [1.807, 2.05) is 6.92 Å². The Bertz CT molecular complexity index is 999. The van der Waals surface area contributed by atoms with Crippen molar-refractivity contribution < 1.29 is 29.3 Å². The monoisotopic (exact) mass is 470 g/mol. The van der Waals surface area contributed by atoms with Crippen LogP contribution in [0, 0.1) is 40.4 Å². The Labute approximate surface area is 201 Å². The minimum atomic E-state index is -0.719. The first-order valence-electron chi connectivity index (χ1n) is 13.2. The second-order valence-corrected chi connectivity index (χ2v) is 12.5. The Morgan fingerprint density at radius 1 is 1.18 bits per heavy atom. The lowest BCUT2D eigenvalue weighted by Crippen LogP contribution is -2.63. The minimum Gasteiger partial charge on any atom is -0.458 e. The second-order valence-electron chi connectivity index (χ2n) is 12.5. The number of fused-ring (bicyclic) bond motifs is 4. The number of carbonyl (C=O) groups excluding carboxylic acids is 2. The number of epoxide rings is 1. The zero-order valence-electron chi connectivity index (χ0n) is 20.8. The quantitative estimate of drug-likeness (QED) is 0.485. The summed E-state index contributed by atoms with van der Waals surface area (Å²) in [6, 6.07) is 0. The molecule has 0 aromatic carbocycles. The van der Waals surface area contributed by atoms with Gasteiger partial charge in [-0.15, -0.1) is 0 Å². The molecule has 6 aliphatic rings. The number of aliphatic hydroxyl groups is 2. The molecule has 6 nitrogen and oxygen atoms in total. The van der Waals surface area contributed by atoms with Crippen LogP contribution in [0.4, 0.5) is 0 Å². The molecular weight excluding hydrogens is 432 g/mol. The molecule has 11 atom stereocenters. The van der Waals surface area contributed by atoms with Crippen molar-refractivity contribution in [3.8, 4) is 0 Å². The molecule has 2 heterocycles. The fraction of sp³-hybridized carbons (Fsp3) is 0.786. The van der Waals surface area contributed by atoms with Crippen molar-refractivity contribution in [2.45, 2.75) is 90.1 Å². The van der Waals surface area contributed by atoms with Crippen LogP contribution in [-0.4, -0.2) is 52.5 Å². The number of ether oxygens (including phenoxy) is 2. The average molecular weight is 471 g/mol. The first-order valence-corrected chi connectivity index (χ1v) is 13.2. The maximum atomic E-state index is 13.3. The molecule has 1 saturated heterocycles. The van der Waals surface area contributed by atoms with E-state index < -0.39 is 17.1 Å². The molecule has 2 aliphatic heterocycles. The summed E-state index contributed by atoms with van der Waals surface area (Å²) >= 11 is 0. The standard InChI is InChI=1S/C28H38O6/c1-14-11-21(33-25(32)17(14)13-29)15(2)18-5-6-19-16-12-24-28(34-24)23(31)8-7-22(30)27(28,4)20(16)9-10-26(18,19)3/h7-8,15-16,18-21,23-24,29,31H,5-6,9-13H2,1-4H3/t15-,16-,18+,19-,20-,21+,23+,24+,26+,27-,28+/m0/s1. The van der Waals surface area contributed by atoms with Crippen LogP contribution in [0.3, 0.4) is 0 Å². The lowest BCUT2D eigenvalue weighted by molar-refractivity contribution is -0.155. The zero-order chi connectivity index (χ0) is 24.2. The molecule has 6 rings (SSSR count). The van der Waals surface area contributed by atoms with Gasteiger partial charge in [-0.1, -0.05) is 19.4 Å². The molecule has 0 bridgehead atoms. The molecule has 1 spiro atoms. The summed E-state index contributed by atoms with van der Waals surface area (Å²) in [5, 5.41) is 20.4. The van der Waals surface area contributed by atoms with Gasteiger partial charge in [-0.25, -0.2) is 4.79 Å². The maximum Gasteiger partial charge on any atom is 0.336 e. The summed E-state index contributed by atoms with van der Waals surface area (Å²) in [4.78, 5) is 25.8. The van der Waals surface area contributed by atoms with Gasteiger partial charge in [0.1, 0.15) is 17.8 Å². The van der Waals surface area contributed by atoms with Gasteiger partial charge in [0.25, 0.3) is 0 Å². The molecule has 3 saturated carbocycles. The van der Waals surface area contributed by atoms with Crippen LogP contribution in [0.2, 0.25) is 0 Å². The predicted molar refractivity (Wildman–Crippen MR) is 124 cm³/mol. The van der Waals surface area contributed by atoms with Crippen LogP contribution in [0.5, 0.6) is 0 Å². The van der Waals surface area contributed by atoms with Crippen molar-refractivity contribution in [3.63, 3.8) is 0 Å². The summed E-state index contributed by atoms with van der Waals surface area (Å²) in [7, 11) is 0. The highest BCUT2D eigenvalue weighted by Crippen LogP contribution is 2.73. The number of cyclic esters (lactones) is 1. The second kappa shape index (κ2) is 7.27. The van der Waals surface area contributed by atoms with Crippen LogP contribution in [0.25, 0.3) is 0 Å². The predicted octanol–water partition coefficient (Wildman–Crippen LogP) is 3.35. The van der Waals surface area contributed by atoms with E-state index in [-0.39, 0.29) is 47.8 Å². The lowest BCUT2D eigenvalue weighted by atomic mass is 9.44. The molecule has 6 heteroatoms. The number of hydrogen-bond donors (Lipinski definition) is 2. The van der Waals surface area contributed by atoms with Crippen molar-refractivity contribution >= 4 is 11.8 Å². The molecule has 0 amide bonds. The lowest BCUT2D eigenvalue weighted by Gasteiger charge is -2.58. The van der Waals surface area contributed by atoms with E-state index in [4.69, 9.17) is 9.47 Å². The van der Waals surface area contributed by atoms with Crippen molar-refractivity contribution in [1.29, 1.82) is 0 Å². The van der Waals surface area contributed by atoms with E-state index in [0.717, 1.165) is 37.7 Å². The number of esters is 1. The summed E-state index contributed by atoms with van der Waals surface area (Å²) in [5.41, 5.74) is 0.129. The summed E-state index contributed by atoms with van der Waals surface area (Å²) in [6.07, 6.45) is 8.23. The number of carbonyl (C=O) groups is 2. The first-order chi connectivity index (χ1) is 16.1. The highest BCUT2D eigenvalue weighted by atomic mass is 16.6. The first kappa shape index (κ1) is 22.9. The Kier molecular flexibility index (Phi) is 4.90. The minimum absolute atomic E-state index is 0.0366. The molecule has 0 radical (unpaired) electrons. The normalized spacial score (nSPS) is 52.4. The van der Waals surface area contributed by atoms with Crippen LogP contribution >= 0.6 is 0 Å². The Morgan fingerprint density at radius 3 is 2.65 bits per heavy atom. The number of ketones is 1. The van der Waals surface area contributed by atoms with Gasteiger partial charge in [0.05, 0.1) is 23.7 Å². The van der Waals surface area contributed by atoms with E-state index in [1.165, 1.54) is 0 Å². The van der Waals surface area contributed by atoms with Crippen LogP contribution in [-0.2, 0) is 19.1 Å². The van der Waals surface area contributed by atoms with E-state index in [2.05, 4.69) is 20.8 Å². The molecule has 0 aromatic rings. The van der Waals surface area contributed by atoms with Gasteiger partial charge in [0.2, 0.25) is 0 Å². The zero-order valence-corrected chi connectivity index (χ0v) is 20.8. The average Bonchev–Trinajstić information content (AvgIpc) is 3.43. The van der Waals surface area contributed by atoms with Gasteiger partial charge in [-0.05, 0) is 93.1 Å². The van der Waals surface area contributed by atoms with Crippen molar-refractivity contribution in [3.05, 3.63) is 23.3 Å². The molecule has 34 heavy (non-hydrogen) atoms. The summed E-state index contributed by atoms with van der Waals surface area (Å²) in [6.45, 7) is 8.41. The van der Waals surface area contributed by atoms with Gasteiger partial charge < -0.3 is 19.7 Å². The van der Waals surface area contributed by atoms with Gasteiger partial charge in [0, 0.05) is 6.42 Å². The van der Waals surface area contributed by atoms with Crippen molar-refractivity contribution in [2.24, 2.45) is 40.4 Å². The van der Waals surface area contributed by atoms with Crippen molar-refractivity contribution in [2.75, 3.05) is 6.61 Å². The van der Waals surface area contributed by atoms with E-state index >= 15 is 0 Å². The molecule has 0 unspecified atom stereocenters. The van der Waals surface area contributed by atoms with Gasteiger partial charge >= 0.3 is 5.97 Å².